The molecule has 2 fully saturated rings. The van der Waals surface area contributed by atoms with Crippen LogP contribution in [0, 0.1) is 5.41 Å². The molecule has 0 bridgehead atoms. The van der Waals surface area contributed by atoms with E-state index >= 15 is 0 Å². The van der Waals surface area contributed by atoms with E-state index < -0.39 is 0 Å². The van der Waals surface area contributed by atoms with Crippen LogP contribution in [0.1, 0.15) is 39.0 Å². The molecule has 1 heterocycles. The molecule has 2 aliphatic rings. The van der Waals surface area contributed by atoms with E-state index in [4.69, 9.17) is 9.47 Å². The highest BCUT2D eigenvalue weighted by molar-refractivity contribution is 4.95. The van der Waals surface area contributed by atoms with Gasteiger partial charge in [0.2, 0.25) is 0 Å². The van der Waals surface area contributed by atoms with Crippen LogP contribution in [-0.2, 0) is 9.47 Å². The van der Waals surface area contributed by atoms with Crippen LogP contribution in [0.3, 0.4) is 0 Å². The van der Waals surface area contributed by atoms with E-state index in [9.17, 15) is 5.11 Å². The van der Waals surface area contributed by atoms with Crippen LogP contribution in [0.4, 0.5) is 0 Å². The van der Waals surface area contributed by atoms with Gasteiger partial charge in [0.15, 0.2) is 6.29 Å². The van der Waals surface area contributed by atoms with Crippen molar-refractivity contribution in [2.75, 3.05) is 13.2 Å². The molecule has 1 aliphatic carbocycles. The largest absolute Gasteiger partial charge is 0.396 e. The average molecular weight is 200 g/mol. The first kappa shape index (κ1) is 10.4. The van der Waals surface area contributed by atoms with Crippen molar-refractivity contribution in [3.8, 4) is 0 Å². The van der Waals surface area contributed by atoms with Gasteiger partial charge in [-0.3, -0.25) is 0 Å². The normalized spacial score (nSPS) is 42.4. The fourth-order valence-corrected chi connectivity index (χ4v) is 2.81. The molecule has 3 atom stereocenters. The quantitative estimate of drug-likeness (QED) is 0.753. The Morgan fingerprint density at radius 3 is 3.00 bits per heavy atom. The van der Waals surface area contributed by atoms with E-state index in [-0.39, 0.29) is 24.4 Å². The van der Waals surface area contributed by atoms with Crippen LogP contribution in [0.25, 0.3) is 0 Å². The molecule has 0 unspecified atom stereocenters. The van der Waals surface area contributed by atoms with Crippen molar-refractivity contribution in [3.63, 3.8) is 0 Å². The topological polar surface area (TPSA) is 38.7 Å². The zero-order valence-corrected chi connectivity index (χ0v) is 8.87. The second-order valence-electron chi connectivity index (χ2n) is 4.48. The average Bonchev–Trinajstić information content (AvgIpc) is 2.57. The lowest BCUT2D eigenvalue weighted by Gasteiger charge is -2.35. The van der Waals surface area contributed by atoms with Crippen LogP contribution in [-0.4, -0.2) is 30.7 Å². The van der Waals surface area contributed by atoms with Gasteiger partial charge in [-0.05, 0) is 19.8 Å². The molecule has 0 radical (unpaired) electrons. The summed E-state index contributed by atoms with van der Waals surface area (Å²) in [6.07, 6.45) is 5.67. The first-order chi connectivity index (χ1) is 6.80. The van der Waals surface area contributed by atoms with Gasteiger partial charge in [0.25, 0.3) is 0 Å². The van der Waals surface area contributed by atoms with E-state index in [1.54, 1.807) is 0 Å². The molecule has 1 N–H and O–H groups in total. The Kier molecular flexibility index (Phi) is 3.10. The Bertz CT molecular complexity index is 195. The summed E-state index contributed by atoms with van der Waals surface area (Å²) in [7, 11) is 0. The molecule has 82 valence electrons. The fraction of sp³-hybridized carbons (Fsp3) is 1.00. The van der Waals surface area contributed by atoms with Gasteiger partial charge in [-0.25, -0.2) is 0 Å². The minimum Gasteiger partial charge on any atom is -0.396 e. The van der Waals surface area contributed by atoms with E-state index in [1.807, 2.05) is 6.92 Å². The minimum atomic E-state index is -0.0738. The summed E-state index contributed by atoms with van der Waals surface area (Å²) in [5.41, 5.74) is 0.0120. The minimum absolute atomic E-state index is 0.0120. The Balaban J connectivity index is 2.03. The molecule has 1 saturated heterocycles. The molecule has 0 aromatic heterocycles. The highest BCUT2D eigenvalue weighted by Gasteiger charge is 2.49. The maximum absolute atomic E-state index is 9.50. The number of aliphatic hydroxyl groups is 1. The maximum Gasteiger partial charge on any atom is 0.158 e. The van der Waals surface area contributed by atoms with E-state index in [0.29, 0.717) is 6.61 Å². The van der Waals surface area contributed by atoms with Gasteiger partial charge in [0.05, 0.1) is 12.7 Å². The number of fused-ring (bicyclic) bond motifs is 1. The van der Waals surface area contributed by atoms with Gasteiger partial charge in [-0.2, -0.15) is 0 Å². The van der Waals surface area contributed by atoms with Crippen LogP contribution >= 0.6 is 0 Å². The standard InChI is InChI=1S/C11H20O3/c1-2-13-10-7-11(8-12)6-4-3-5-9(11)14-10/h9-10,12H,2-8H2,1H3/t9-,10-,11-/m1/s1. The smallest absolute Gasteiger partial charge is 0.158 e. The number of ether oxygens (including phenoxy) is 2. The predicted molar refractivity (Wildman–Crippen MR) is 52.9 cm³/mol. The zero-order chi connectivity index (χ0) is 10.0. The van der Waals surface area contributed by atoms with Gasteiger partial charge in [-0.15, -0.1) is 0 Å². The van der Waals surface area contributed by atoms with Crippen LogP contribution in [0.5, 0.6) is 0 Å². The lowest BCUT2D eigenvalue weighted by molar-refractivity contribution is -0.137. The highest BCUT2D eigenvalue weighted by Crippen LogP contribution is 2.47. The van der Waals surface area contributed by atoms with Crippen LogP contribution in [0.15, 0.2) is 0 Å². The highest BCUT2D eigenvalue weighted by atomic mass is 16.7. The van der Waals surface area contributed by atoms with Crippen molar-refractivity contribution in [2.24, 2.45) is 5.41 Å². The number of hydrogen-bond acceptors (Lipinski definition) is 3. The third-order valence-corrected chi connectivity index (χ3v) is 3.63. The van der Waals surface area contributed by atoms with Crippen molar-refractivity contribution in [2.45, 2.75) is 51.4 Å². The monoisotopic (exact) mass is 200 g/mol. The van der Waals surface area contributed by atoms with Crippen molar-refractivity contribution in [1.82, 2.24) is 0 Å². The summed E-state index contributed by atoms with van der Waals surface area (Å²) >= 11 is 0. The van der Waals surface area contributed by atoms with E-state index in [0.717, 1.165) is 19.3 Å². The first-order valence-corrected chi connectivity index (χ1v) is 5.68. The van der Waals surface area contributed by atoms with Crippen molar-refractivity contribution < 1.29 is 14.6 Å². The molecule has 2 rings (SSSR count). The molecule has 0 aromatic carbocycles. The molecule has 3 nitrogen and oxygen atoms in total. The Hall–Kier alpha value is -0.120. The maximum atomic E-state index is 9.50. The lowest BCUT2D eigenvalue weighted by atomic mass is 9.72. The summed E-state index contributed by atoms with van der Waals surface area (Å²) in [5, 5.41) is 9.50. The summed E-state index contributed by atoms with van der Waals surface area (Å²) in [6, 6.07) is 0. The summed E-state index contributed by atoms with van der Waals surface area (Å²) < 4.78 is 11.3. The molecule has 0 amide bonds. The van der Waals surface area contributed by atoms with Crippen molar-refractivity contribution in [1.29, 1.82) is 0 Å². The van der Waals surface area contributed by atoms with E-state index in [1.165, 1.54) is 12.8 Å². The van der Waals surface area contributed by atoms with E-state index in [2.05, 4.69) is 0 Å². The summed E-state index contributed by atoms with van der Waals surface area (Å²) in [5.74, 6) is 0. The molecule has 0 aromatic rings. The third-order valence-electron chi connectivity index (χ3n) is 3.63. The van der Waals surface area contributed by atoms with Crippen LogP contribution < -0.4 is 0 Å². The second-order valence-corrected chi connectivity index (χ2v) is 4.48. The predicted octanol–water partition coefficient (Wildman–Crippen LogP) is 1.69. The van der Waals surface area contributed by atoms with Gasteiger partial charge >= 0.3 is 0 Å². The van der Waals surface area contributed by atoms with Gasteiger partial charge in [-0.1, -0.05) is 12.8 Å². The lowest BCUT2D eigenvalue weighted by Crippen LogP contribution is -2.37. The third kappa shape index (κ3) is 1.69. The first-order valence-electron chi connectivity index (χ1n) is 5.68. The summed E-state index contributed by atoms with van der Waals surface area (Å²) in [6.45, 7) is 2.93. The second kappa shape index (κ2) is 4.17. The fourth-order valence-electron chi connectivity index (χ4n) is 2.81. The Labute approximate surface area is 85.4 Å². The molecule has 14 heavy (non-hydrogen) atoms. The van der Waals surface area contributed by atoms with Crippen LogP contribution in [0.2, 0.25) is 0 Å². The molecule has 0 spiro atoms. The molecule has 1 aliphatic heterocycles. The van der Waals surface area contributed by atoms with Gasteiger partial charge in [0, 0.05) is 18.4 Å². The Morgan fingerprint density at radius 2 is 2.36 bits per heavy atom. The molecular weight excluding hydrogens is 180 g/mol. The van der Waals surface area contributed by atoms with Crippen molar-refractivity contribution >= 4 is 0 Å². The van der Waals surface area contributed by atoms with Gasteiger partial charge < -0.3 is 14.6 Å². The molecular formula is C11H20O3. The number of hydrogen-bond donors (Lipinski definition) is 1. The Morgan fingerprint density at radius 1 is 1.50 bits per heavy atom. The number of rotatable bonds is 3. The summed E-state index contributed by atoms with van der Waals surface area (Å²) in [4.78, 5) is 0. The van der Waals surface area contributed by atoms with Gasteiger partial charge in [0.1, 0.15) is 0 Å². The SMILES string of the molecule is CCO[C@H]1C[C@@]2(CO)CCCC[C@H]2O1. The molecule has 1 saturated carbocycles. The zero-order valence-electron chi connectivity index (χ0n) is 8.87. The number of aliphatic hydroxyl groups excluding tert-OH is 1. The van der Waals surface area contributed by atoms with Crippen molar-refractivity contribution in [3.05, 3.63) is 0 Å². The molecule has 3 heteroatoms.